The molecule has 1 atom stereocenters. The maximum absolute atomic E-state index is 3.35. The molecule has 1 unspecified atom stereocenters. The van der Waals surface area contributed by atoms with Crippen molar-refractivity contribution in [2.24, 2.45) is 0 Å². The quantitative estimate of drug-likeness (QED) is 0.828. The summed E-state index contributed by atoms with van der Waals surface area (Å²) in [6, 6.07) is 7.11. The Bertz CT molecular complexity index is 472. The van der Waals surface area contributed by atoms with E-state index < -0.39 is 0 Å². The third-order valence-electron chi connectivity index (χ3n) is 3.10. The van der Waals surface area contributed by atoms with E-state index in [-0.39, 0.29) is 0 Å². The fraction of sp³-hybridized carbons (Fsp3) is 0.385. The van der Waals surface area contributed by atoms with E-state index in [1.165, 1.54) is 20.0 Å². The summed E-state index contributed by atoms with van der Waals surface area (Å²) < 4.78 is 1.29. The first-order chi connectivity index (χ1) is 7.74. The maximum atomic E-state index is 3.35. The molecule has 0 amide bonds. The summed E-state index contributed by atoms with van der Waals surface area (Å²) in [7, 11) is 2.03. The lowest BCUT2D eigenvalue weighted by atomic mass is 10.0. The number of H-pyrrole nitrogens is 1. The van der Waals surface area contributed by atoms with Crippen molar-refractivity contribution < 1.29 is 0 Å². The summed E-state index contributed by atoms with van der Waals surface area (Å²) in [6.07, 6.45) is 4.39. The number of hydrogen-bond acceptors (Lipinski definition) is 1. The molecule has 2 N–H and O–H groups in total. The van der Waals surface area contributed by atoms with E-state index in [9.17, 15) is 0 Å². The molecule has 1 heterocycles. The van der Waals surface area contributed by atoms with Crippen LogP contribution < -0.4 is 5.32 Å². The molecule has 16 heavy (non-hydrogen) atoms. The molecule has 1 aromatic heterocycles. The van der Waals surface area contributed by atoms with Crippen LogP contribution in [0.4, 0.5) is 0 Å². The first kappa shape index (κ1) is 11.9. The highest BCUT2D eigenvalue weighted by atomic mass is 127. The van der Waals surface area contributed by atoms with Crippen LogP contribution in [-0.2, 0) is 6.42 Å². The Morgan fingerprint density at radius 1 is 1.44 bits per heavy atom. The van der Waals surface area contributed by atoms with Gasteiger partial charge in [-0.3, -0.25) is 0 Å². The van der Waals surface area contributed by atoms with Crippen LogP contribution in [0.25, 0.3) is 10.9 Å². The van der Waals surface area contributed by atoms with Crippen LogP contribution in [-0.4, -0.2) is 18.1 Å². The van der Waals surface area contributed by atoms with Crippen molar-refractivity contribution in [2.45, 2.75) is 25.8 Å². The van der Waals surface area contributed by atoms with E-state index in [0.717, 1.165) is 12.8 Å². The monoisotopic (exact) mass is 328 g/mol. The van der Waals surface area contributed by atoms with Crippen molar-refractivity contribution >= 4 is 33.5 Å². The van der Waals surface area contributed by atoms with Gasteiger partial charge in [-0.2, -0.15) is 0 Å². The molecule has 0 saturated carbocycles. The highest BCUT2D eigenvalue weighted by molar-refractivity contribution is 14.1. The molecule has 0 saturated heterocycles. The molecule has 2 aromatic rings. The predicted molar refractivity (Wildman–Crippen MR) is 77.9 cm³/mol. The van der Waals surface area contributed by atoms with Gasteiger partial charge in [-0.05, 0) is 66.2 Å². The standard InChI is InChI=1S/C13H17IN2/c1-3-11(15-2)6-9-8-16-13-5-4-10(14)7-12(9)13/h4-5,7-8,11,15-16H,3,6H2,1-2H3. The third kappa shape index (κ3) is 2.40. The Kier molecular flexibility index (Phi) is 3.86. The molecule has 0 aliphatic carbocycles. The summed E-state index contributed by atoms with van der Waals surface area (Å²) in [5.41, 5.74) is 2.65. The molecule has 0 fully saturated rings. The minimum absolute atomic E-state index is 0.567. The van der Waals surface area contributed by atoms with Gasteiger partial charge in [0.1, 0.15) is 0 Å². The van der Waals surface area contributed by atoms with Crippen molar-refractivity contribution in [1.29, 1.82) is 0 Å². The summed E-state index contributed by atoms with van der Waals surface area (Å²) in [4.78, 5) is 3.34. The van der Waals surface area contributed by atoms with Crippen LogP contribution in [0.5, 0.6) is 0 Å². The smallest absolute Gasteiger partial charge is 0.0457 e. The summed E-state index contributed by atoms with van der Waals surface area (Å²) in [5, 5.41) is 4.72. The van der Waals surface area contributed by atoms with E-state index >= 15 is 0 Å². The highest BCUT2D eigenvalue weighted by Crippen LogP contribution is 2.22. The Labute approximate surface area is 110 Å². The molecule has 3 heteroatoms. The fourth-order valence-corrected chi connectivity index (χ4v) is 2.53. The van der Waals surface area contributed by atoms with E-state index in [4.69, 9.17) is 0 Å². The number of nitrogens with one attached hydrogen (secondary N) is 2. The van der Waals surface area contributed by atoms with E-state index in [2.05, 4.69) is 64.2 Å². The predicted octanol–water partition coefficient (Wildman–Crippen LogP) is 3.31. The third-order valence-corrected chi connectivity index (χ3v) is 3.77. The van der Waals surface area contributed by atoms with Gasteiger partial charge >= 0.3 is 0 Å². The Morgan fingerprint density at radius 3 is 2.94 bits per heavy atom. The minimum atomic E-state index is 0.567. The zero-order valence-corrected chi connectivity index (χ0v) is 11.8. The lowest BCUT2D eigenvalue weighted by Gasteiger charge is -2.12. The normalized spacial score (nSPS) is 13.2. The highest BCUT2D eigenvalue weighted by Gasteiger charge is 2.09. The summed E-state index contributed by atoms with van der Waals surface area (Å²) in [5.74, 6) is 0. The lowest BCUT2D eigenvalue weighted by molar-refractivity contribution is 0.545. The molecule has 0 spiro atoms. The molecule has 0 aliphatic rings. The molecular formula is C13H17IN2. The van der Waals surface area contributed by atoms with E-state index in [1.807, 2.05) is 7.05 Å². The van der Waals surface area contributed by atoms with Crippen molar-refractivity contribution in [3.63, 3.8) is 0 Å². The number of aromatic amines is 1. The first-order valence-electron chi connectivity index (χ1n) is 5.67. The van der Waals surface area contributed by atoms with Gasteiger partial charge in [-0.25, -0.2) is 0 Å². The number of hydrogen-bond donors (Lipinski definition) is 2. The van der Waals surface area contributed by atoms with Gasteiger partial charge in [-0.1, -0.05) is 6.92 Å². The summed E-state index contributed by atoms with van der Waals surface area (Å²) >= 11 is 2.36. The van der Waals surface area contributed by atoms with Gasteiger partial charge in [-0.15, -0.1) is 0 Å². The number of aromatic nitrogens is 1. The SMILES string of the molecule is CCC(Cc1c[nH]c2ccc(I)cc12)NC. The van der Waals surface area contributed by atoms with Crippen molar-refractivity contribution in [1.82, 2.24) is 10.3 Å². The van der Waals surface area contributed by atoms with Crippen LogP contribution in [0, 0.1) is 3.57 Å². The van der Waals surface area contributed by atoms with Crippen molar-refractivity contribution in [3.05, 3.63) is 33.5 Å². The van der Waals surface area contributed by atoms with Gasteiger partial charge in [0.2, 0.25) is 0 Å². The maximum Gasteiger partial charge on any atom is 0.0457 e. The number of likely N-dealkylation sites (N-methyl/N-ethyl adjacent to an activating group) is 1. The zero-order chi connectivity index (χ0) is 11.5. The Hall–Kier alpha value is -0.550. The van der Waals surface area contributed by atoms with E-state index in [0.29, 0.717) is 6.04 Å². The minimum Gasteiger partial charge on any atom is -0.361 e. The van der Waals surface area contributed by atoms with Crippen LogP contribution in [0.3, 0.4) is 0 Å². The molecule has 1 aromatic carbocycles. The average Bonchev–Trinajstić information content (AvgIpc) is 2.68. The van der Waals surface area contributed by atoms with E-state index in [1.54, 1.807) is 0 Å². The summed E-state index contributed by atoms with van der Waals surface area (Å²) in [6.45, 7) is 2.22. The lowest BCUT2D eigenvalue weighted by Crippen LogP contribution is -2.26. The molecular weight excluding hydrogens is 311 g/mol. The van der Waals surface area contributed by atoms with Crippen LogP contribution in [0.1, 0.15) is 18.9 Å². The number of halogens is 1. The number of rotatable bonds is 4. The second-order valence-corrected chi connectivity index (χ2v) is 5.35. The number of benzene rings is 1. The molecule has 0 aliphatic heterocycles. The van der Waals surface area contributed by atoms with Gasteiger partial charge < -0.3 is 10.3 Å². The molecule has 0 radical (unpaired) electrons. The zero-order valence-electron chi connectivity index (χ0n) is 9.68. The van der Waals surface area contributed by atoms with Gasteiger partial charge in [0.05, 0.1) is 0 Å². The molecule has 0 bridgehead atoms. The van der Waals surface area contributed by atoms with Gasteiger partial charge in [0, 0.05) is 26.7 Å². The van der Waals surface area contributed by atoms with Gasteiger partial charge in [0.15, 0.2) is 0 Å². The van der Waals surface area contributed by atoms with Crippen LogP contribution in [0.2, 0.25) is 0 Å². The fourth-order valence-electron chi connectivity index (χ4n) is 2.04. The average molecular weight is 328 g/mol. The van der Waals surface area contributed by atoms with Crippen LogP contribution >= 0.6 is 22.6 Å². The number of fused-ring (bicyclic) bond motifs is 1. The molecule has 86 valence electrons. The van der Waals surface area contributed by atoms with Crippen molar-refractivity contribution in [2.75, 3.05) is 7.05 Å². The largest absolute Gasteiger partial charge is 0.361 e. The Balaban J connectivity index is 2.33. The second-order valence-electron chi connectivity index (χ2n) is 4.10. The van der Waals surface area contributed by atoms with Gasteiger partial charge in [0.25, 0.3) is 0 Å². The van der Waals surface area contributed by atoms with Crippen LogP contribution in [0.15, 0.2) is 24.4 Å². The molecule has 2 nitrogen and oxygen atoms in total. The molecule has 2 rings (SSSR count). The second kappa shape index (κ2) is 5.19. The first-order valence-corrected chi connectivity index (χ1v) is 6.75. The van der Waals surface area contributed by atoms with Crippen molar-refractivity contribution in [3.8, 4) is 0 Å². The Morgan fingerprint density at radius 2 is 2.25 bits per heavy atom. The topological polar surface area (TPSA) is 27.8 Å².